The topological polar surface area (TPSA) is 63.1 Å². The zero-order valence-electron chi connectivity index (χ0n) is 12.7. The van der Waals surface area contributed by atoms with E-state index in [-0.39, 0.29) is 5.91 Å². The molecule has 1 saturated heterocycles. The van der Waals surface area contributed by atoms with Crippen molar-refractivity contribution in [2.45, 2.75) is 26.7 Å². The minimum Gasteiger partial charge on any atom is -0.361 e. The Morgan fingerprint density at radius 2 is 2.14 bits per heavy atom. The lowest BCUT2D eigenvalue weighted by Crippen LogP contribution is -2.38. The van der Waals surface area contributed by atoms with Crippen LogP contribution in [-0.2, 0) is 11.8 Å². The van der Waals surface area contributed by atoms with Crippen LogP contribution in [0.1, 0.15) is 25.5 Å². The van der Waals surface area contributed by atoms with Gasteiger partial charge in [0.2, 0.25) is 5.91 Å². The predicted molar refractivity (Wildman–Crippen MR) is 84.6 cm³/mol. The summed E-state index contributed by atoms with van der Waals surface area (Å²) in [5.41, 5.74) is 1.99. The lowest BCUT2D eigenvalue weighted by Gasteiger charge is -2.31. The number of nitrogens with one attached hydrogen (secondary N) is 1. The molecule has 1 N–H and O–H groups in total. The second-order valence-electron chi connectivity index (χ2n) is 5.71. The fourth-order valence-electron chi connectivity index (χ4n) is 2.84. The Bertz CT molecular complexity index is 619. The standard InChI is InChI=1S/C14H21N5OS/c1-9-12-13(18(3)17-9)16-14(21-12)15-8-11-4-6-19(7-5-11)10(2)20/h11H,4-8H2,1-3H3,(H,15,16). The van der Waals surface area contributed by atoms with Gasteiger partial charge in [0, 0.05) is 33.6 Å². The fourth-order valence-corrected chi connectivity index (χ4v) is 3.78. The van der Waals surface area contributed by atoms with E-state index >= 15 is 0 Å². The first-order chi connectivity index (χ1) is 10.0. The number of carbonyl (C=O) groups excluding carboxylic acids is 1. The van der Waals surface area contributed by atoms with Crippen molar-refractivity contribution in [3.8, 4) is 0 Å². The second-order valence-corrected chi connectivity index (χ2v) is 6.71. The fraction of sp³-hybridized carbons (Fsp3) is 0.643. The Morgan fingerprint density at radius 1 is 1.43 bits per heavy atom. The van der Waals surface area contributed by atoms with Crippen LogP contribution in [0.2, 0.25) is 0 Å². The van der Waals surface area contributed by atoms with Crippen LogP contribution in [0.3, 0.4) is 0 Å². The highest BCUT2D eigenvalue weighted by Crippen LogP contribution is 2.28. The summed E-state index contributed by atoms with van der Waals surface area (Å²) in [6.07, 6.45) is 2.14. The maximum atomic E-state index is 11.3. The van der Waals surface area contributed by atoms with Crippen LogP contribution >= 0.6 is 11.3 Å². The summed E-state index contributed by atoms with van der Waals surface area (Å²) in [6.45, 7) is 6.35. The smallest absolute Gasteiger partial charge is 0.219 e. The third kappa shape index (κ3) is 2.88. The van der Waals surface area contributed by atoms with Crippen molar-refractivity contribution in [2.24, 2.45) is 13.0 Å². The van der Waals surface area contributed by atoms with Gasteiger partial charge in [-0.3, -0.25) is 4.79 Å². The molecule has 0 spiro atoms. The van der Waals surface area contributed by atoms with E-state index < -0.39 is 0 Å². The van der Waals surface area contributed by atoms with Crippen molar-refractivity contribution in [2.75, 3.05) is 25.0 Å². The molecular weight excluding hydrogens is 286 g/mol. The first-order valence-corrected chi connectivity index (χ1v) is 8.15. The molecule has 0 unspecified atom stereocenters. The molecule has 0 bridgehead atoms. The molecule has 6 nitrogen and oxygen atoms in total. The van der Waals surface area contributed by atoms with Gasteiger partial charge in [0.25, 0.3) is 0 Å². The van der Waals surface area contributed by atoms with Crippen LogP contribution in [0.25, 0.3) is 10.3 Å². The summed E-state index contributed by atoms with van der Waals surface area (Å²) in [5, 5.41) is 8.78. The number of nitrogens with zero attached hydrogens (tertiary/aromatic N) is 4. The maximum absolute atomic E-state index is 11.3. The molecule has 21 heavy (non-hydrogen) atoms. The summed E-state index contributed by atoms with van der Waals surface area (Å²) in [7, 11) is 1.93. The average molecular weight is 307 g/mol. The Kier molecular flexibility index (Phi) is 3.84. The van der Waals surface area contributed by atoms with Gasteiger partial charge in [-0.15, -0.1) is 0 Å². The highest BCUT2D eigenvalue weighted by atomic mass is 32.1. The molecule has 0 atom stereocenters. The molecule has 1 aliphatic rings. The van der Waals surface area contributed by atoms with Gasteiger partial charge in [-0.1, -0.05) is 11.3 Å². The number of fused-ring (bicyclic) bond motifs is 1. The van der Waals surface area contributed by atoms with Crippen molar-refractivity contribution in [3.05, 3.63) is 5.69 Å². The zero-order chi connectivity index (χ0) is 15.0. The Morgan fingerprint density at radius 3 is 2.76 bits per heavy atom. The Balaban J connectivity index is 1.57. The second kappa shape index (κ2) is 5.63. The number of anilines is 1. The largest absolute Gasteiger partial charge is 0.361 e. The van der Waals surface area contributed by atoms with E-state index in [1.165, 1.54) is 0 Å². The number of hydrogen-bond acceptors (Lipinski definition) is 5. The molecule has 1 aliphatic heterocycles. The van der Waals surface area contributed by atoms with Gasteiger partial charge in [0.15, 0.2) is 10.8 Å². The van der Waals surface area contributed by atoms with E-state index in [2.05, 4.69) is 15.4 Å². The summed E-state index contributed by atoms with van der Waals surface area (Å²) in [6, 6.07) is 0. The van der Waals surface area contributed by atoms with E-state index in [4.69, 9.17) is 0 Å². The number of hydrogen-bond donors (Lipinski definition) is 1. The number of aryl methyl sites for hydroxylation is 2. The van der Waals surface area contributed by atoms with Gasteiger partial charge in [-0.05, 0) is 25.7 Å². The third-order valence-corrected chi connectivity index (χ3v) is 5.26. The Labute approximate surface area is 128 Å². The van der Waals surface area contributed by atoms with E-state index in [1.54, 1.807) is 18.3 Å². The predicted octanol–water partition coefficient (Wildman–Crippen LogP) is 2.01. The van der Waals surface area contributed by atoms with Crippen molar-refractivity contribution < 1.29 is 4.79 Å². The molecule has 1 amide bonds. The summed E-state index contributed by atoms with van der Waals surface area (Å²) in [5.74, 6) is 0.808. The Hall–Kier alpha value is -1.63. The number of rotatable bonds is 3. The van der Waals surface area contributed by atoms with Crippen LogP contribution in [0, 0.1) is 12.8 Å². The minimum absolute atomic E-state index is 0.190. The quantitative estimate of drug-likeness (QED) is 0.942. The number of carbonyl (C=O) groups is 1. The minimum atomic E-state index is 0.190. The molecule has 2 aromatic heterocycles. The number of aromatic nitrogens is 3. The molecule has 0 aromatic carbocycles. The first-order valence-electron chi connectivity index (χ1n) is 7.34. The zero-order valence-corrected chi connectivity index (χ0v) is 13.5. The van der Waals surface area contributed by atoms with E-state index in [9.17, 15) is 4.79 Å². The van der Waals surface area contributed by atoms with Crippen LogP contribution in [0.15, 0.2) is 0 Å². The normalized spacial score (nSPS) is 16.6. The molecule has 7 heteroatoms. The van der Waals surface area contributed by atoms with Crippen LogP contribution in [0.4, 0.5) is 5.13 Å². The monoisotopic (exact) mass is 307 g/mol. The molecule has 1 fully saturated rings. The van der Waals surface area contributed by atoms with Gasteiger partial charge in [0.05, 0.1) is 10.4 Å². The summed E-state index contributed by atoms with van der Waals surface area (Å²) in [4.78, 5) is 17.8. The SMILES string of the molecule is CC(=O)N1CCC(CNc2nc3c(s2)c(C)nn3C)CC1. The molecule has 0 aliphatic carbocycles. The first kappa shape index (κ1) is 14.3. The highest BCUT2D eigenvalue weighted by Gasteiger charge is 2.21. The van der Waals surface area contributed by atoms with E-state index in [0.717, 1.165) is 53.6 Å². The number of amides is 1. The third-order valence-electron chi connectivity index (χ3n) is 4.15. The highest BCUT2D eigenvalue weighted by molar-refractivity contribution is 7.22. The number of piperidine rings is 1. The number of thiazole rings is 1. The van der Waals surface area contributed by atoms with Gasteiger partial charge in [0.1, 0.15) is 0 Å². The lowest BCUT2D eigenvalue weighted by molar-refractivity contribution is -0.130. The van der Waals surface area contributed by atoms with E-state index in [1.807, 2.05) is 23.6 Å². The summed E-state index contributed by atoms with van der Waals surface area (Å²) < 4.78 is 2.99. The molecule has 0 saturated carbocycles. The maximum Gasteiger partial charge on any atom is 0.219 e. The molecule has 114 valence electrons. The summed E-state index contributed by atoms with van der Waals surface area (Å²) >= 11 is 1.67. The van der Waals surface area contributed by atoms with Gasteiger partial charge < -0.3 is 10.2 Å². The van der Waals surface area contributed by atoms with Crippen molar-refractivity contribution >= 4 is 32.7 Å². The average Bonchev–Trinajstić information content (AvgIpc) is 2.99. The van der Waals surface area contributed by atoms with Crippen LogP contribution in [0.5, 0.6) is 0 Å². The molecule has 3 heterocycles. The number of likely N-dealkylation sites (tertiary alicyclic amines) is 1. The van der Waals surface area contributed by atoms with Crippen LogP contribution < -0.4 is 5.32 Å². The van der Waals surface area contributed by atoms with Crippen molar-refractivity contribution in [1.82, 2.24) is 19.7 Å². The van der Waals surface area contributed by atoms with Crippen LogP contribution in [-0.4, -0.2) is 45.2 Å². The molecule has 2 aromatic rings. The molecule has 0 radical (unpaired) electrons. The molecule has 3 rings (SSSR count). The molecular formula is C14H21N5OS. The van der Waals surface area contributed by atoms with Crippen molar-refractivity contribution in [3.63, 3.8) is 0 Å². The van der Waals surface area contributed by atoms with Crippen molar-refractivity contribution in [1.29, 1.82) is 0 Å². The van der Waals surface area contributed by atoms with Gasteiger partial charge in [-0.25, -0.2) is 9.67 Å². The van der Waals surface area contributed by atoms with E-state index in [0.29, 0.717) is 5.92 Å². The van der Waals surface area contributed by atoms with Gasteiger partial charge >= 0.3 is 0 Å². The lowest BCUT2D eigenvalue weighted by atomic mass is 9.97. The van der Waals surface area contributed by atoms with Gasteiger partial charge in [-0.2, -0.15) is 5.10 Å².